The maximum absolute atomic E-state index is 13.5. The molecule has 0 aromatic heterocycles. The van der Waals surface area contributed by atoms with Crippen LogP contribution in [0.25, 0.3) is 0 Å². The summed E-state index contributed by atoms with van der Waals surface area (Å²) in [6, 6.07) is 15.6. The number of hydrogen-bond acceptors (Lipinski definition) is 2. The van der Waals surface area contributed by atoms with Crippen LogP contribution in [0.2, 0.25) is 0 Å². The van der Waals surface area contributed by atoms with E-state index in [0.29, 0.717) is 17.7 Å². The van der Waals surface area contributed by atoms with Crippen LogP contribution in [0.4, 0.5) is 4.39 Å². The molecule has 1 amide bonds. The molecule has 1 N–H and O–H groups in total. The molecule has 0 saturated carbocycles. The highest BCUT2D eigenvalue weighted by atomic mass is 19.1. The Morgan fingerprint density at radius 3 is 2.48 bits per heavy atom. The van der Waals surface area contributed by atoms with Gasteiger partial charge in [0.25, 0.3) is 5.91 Å². The zero-order valence-corrected chi connectivity index (χ0v) is 11.9. The number of rotatable bonds is 6. The molecular formula is C17H18FNO2. The molecule has 21 heavy (non-hydrogen) atoms. The minimum atomic E-state index is -0.584. The highest BCUT2D eigenvalue weighted by Crippen LogP contribution is 2.13. The average molecular weight is 287 g/mol. The van der Waals surface area contributed by atoms with E-state index in [1.54, 1.807) is 30.3 Å². The van der Waals surface area contributed by atoms with Crippen LogP contribution in [-0.2, 0) is 11.3 Å². The summed E-state index contributed by atoms with van der Waals surface area (Å²) in [4.78, 5) is 12.1. The van der Waals surface area contributed by atoms with Gasteiger partial charge in [0.15, 0.2) is 6.10 Å². The van der Waals surface area contributed by atoms with Gasteiger partial charge in [-0.3, -0.25) is 4.79 Å². The first-order chi connectivity index (χ1) is 10.2. The summed E-state index contributed by atoms with van der Waals surface area (Å²) in [6.45, 7) is 2.02. The number of nitrogens with one attached hydrogen (secondary N) is 1. The third-order valence-corrected chi connectivity index (χ3v) is 3.10. The zero-order chi connectivity index (χ0) is 15.1. The molecule has 2 aromatic rings. The Bertz CT molecular complexity index is 586. The Kier molecular flexibility index (Phi) is 5.32. The molecule has 4 heteroatoms. The van der Waals surface area contributed by atoms with E-state index in [4.69, 9.17) is 4.74 Å². The molecule has 0 unspecified atom stereocenters. The molecule has 0 aliphatic rings. The second-order valence-electron chi connectivity index (χ2n) is 4.64. The molecule has 2 rings (SSSR count). The SMILES string of the molecule is CC[C@@H](Oc1ccccc1)C(=O)NCc1ccccc1F. The van der Waals surface area contributed by atoms with E-state index in [2.05, 4.69) is 5.32 Å². The van der Waals surface area contributed by atoms with Gasteiger partial charge in [0, 0.05) is 12.1 Å². The molecular weight excluding hydrogens is 269 g/mol. The lowest BCUT2D eigenvalue weighted by Crippen LogP contribution is -2.37. The van der Waals surface area contributed by atoms with E-state index < -0.39 is 6.10 Å². The van der Waals surface area contributed by atoms with Crippen LogP contribution in [0, 0.1) is 5.82 Å². The second-order valence-corrected chi connectivity index (χ2v) is 4.64. The fraction of sp³-hybridized carbons (Fsp3) is 0.235. The summed E-state index contributed by atoms with van der Waals surface area (Å²) in [5.41, 5.74) is 0.459. The first kappa shape index (κ1) is 15.0. The van der Waals surface area contributed by atoms with Gasteiger partial charge in [-0.25, -0.2) is 4.39 Å². The predicted octanol–water partition coefficient (Wildman–Crippen LogP) is 3.30. The lowest BCUT2D eigenvalue weighted by Gasteiger charge is -2.17. The minimum Gasteiger partial charge on any atom is -0.481 e. The Hall–Kier alpha value is -2.36. The number of amides is 1. The molecule has 0 fully saturated rings. The van der Waals surface area contributed by atoms with Crippen LogP contribution in [0.1, 0.15) is 18.9 Å². The number of ether oxygens (including phenoxy) is 1. The Morgan fingerprint density at radius 1 is 1.14 bits per heavy atom. The number of benzene rings is 2. The molecule has 0 radical (unpaired) electrons. The maximum atomic E-state index is 13.5. The minimum absolute atomic E-state index is 0.153. The van der Waals surface area contributed by atoms with E-state index >= 15 is 0 Å². The topological polar surface area (TPSA) is 38.3 Å². The third kappa shape index (κ3) is 4.31. The summed E-state index contributed by atoms with van der Waals surface area (Å²) in [5, 5.41) is 2.71. The largest absolute Gasteiger partial charge is 0.481 e. The summed E-state index contributed by atoms with van der Waals surface area (Å²) >= 11 is 0. The fourth-order valence-corrected chi connectivity index (χ4v) is 1.92. The van der Waals surface area contributed by atoms with Crippen LogP contribution in [0.15, 0.2) is 54.6 Å². The van der Waals surface area contributed by atoms with Gasteiger partial charge in [-0.2, -0.15) is 0 Å². The van der Waals surface area contributed by atoms with E-state index in [1.807, 2.05) is 25.1 Å². The van der Waals surface area contributed by atoms with Crippen molar-refractivity contribution in [3.63, 3.8) is 0 Å². The van der Waals surface area contributed by atoms with E-state index in [1.165, 1.54) is 6.07 Å². The standard InChI is InChI=1S/C17H18FNO2/c1-2-16(21-14-9-4-3-5-10-14)17(20)19-12-13-8-6-7-11-15(13)18/h3-11,16H,2,12H2,1H3,(H,19,20)/t16-/m1/s1. The highest BCUT2D eigenvalue weighted by Gasteiger charge is 2.18. The van der Waals surface area contributed by atoms with Gasteiger partial charge in [-0.1, -0.05) is 43.3 Å². The molecule has 1 atom stereocenters. The van der Waals surface area contributed by atoms with Crippen molar-refractivity contribution in [3.05, 3.63) is 66.0 Å². The molecule has 3 nitrogen and oxygen atoms in total. The highest BCUT2D eigenvalue weighted by molar-refractivity contribution is 5.81. The lowest BCUT2D eigenvalue weighted by atomic mass is 10.2. The molecule has 0 bridgehead atoms. The average Bonchev–Trinajstić information content (AvgIpc) is 2.52. The van der Waals surface area contributed by atoms with Crippen LogP contribution in [0.5, 0.6) is 5.75 Å². The maximum Gasteiger partial charge on any atom is 0.261 e. The quantitative estimate of drug-likeness (QED) is 0.885. The normalized spacial score (nSPS) is 11.7. The zero-order valence-electron chi connectivity index (χ0n) is 11.9. The van der Waals surface area contributed by atoms with Gasteiger partial charge in [-0.05, 0) is 24.6 Å². The second kappa shape index (κ2) is 7.43. The lowest BCUT2D eigenvalue weighted by molar-refractivity contribution is -0.128. The Labute approximate surface area is 123 Å². The first-order valence-corrected chi connectivity index (χ1v) is 6.93. The number of para-hydroxylation sites is 1. The van der Waals surface area contributed by atoms with Gasteiger partial charge in [0.05, 0.1) is 0 Å². The molecule has 0 aliphatic heterocycles. The van der Waals surface area contributed by atoms with Crippen molar-refractivity contribution in [3.8, 4) is 5.75 Å². The first-order valence-electron chi connectivity index (χ1n) is 6.93. The molecule has 0 spiro atoms. The number of halogens is 1. The van der Waals surface area contributed by atoms with E-state index in [-0.39, 0.29) is 18.3 Å². The van der Waals surface area contributed by atoms with Gasteiger partial charge >= 0.3 is 0 Å². The van der Waals surface area contributed by atoms with Crippen molar-refractivity contribution in [1.82, 2.24) is 5.32 Å². The fourth-order valence-electron chi connectivity index (χ4n) is 1.92. The number of carbonyl (C=O) groups is 1. The van der Waals surface area contributed by atoms with E-state index in [9.17, 15) is 9.18 Å². The molecule has 0 heterocycles. The summed E-state index contributed by atoms with van der Waals surface area (Å²) in [7, 11) is 0. The molecule has 0 aliphatic carbocycles. The molecule has 2 aromatic carbocycles. The molecule has 0 saturated heterocycles. The van der Waals surface area contributed by atoms with Crippen molar-refractivity contribution < 1.29 is 13.9 Å². The smallest absolute Gasteiger partial charge is 0.261 e. The molecule has 110 valence electrons. The van der Waals surface area contributed by atoms with Gasteiger partial charge < -0.3 is 10.1 Å². The van der Waals surface area contributed by atoms with Crippen molar-refractivity contribution >= 4 is 5.91 Å². The van der Waals surface area contributed by atoms with Gasteiger partial charge in [0.1, 0.15) is 11.6 Å². The van der Waals surface area contributed by atoms with Gasteiger partial charge in [-0.15, -0.1) is 0 Å². The summed E-state index contributed by atoms with van der Waals surface area (Å²) < 4.78 is 19.1. The monoisotopic (exact) mass is 287 g/mol. The van der Waals surface area contributed by atoms with E-state index in [0.717, 1.165) is 0 Å². The van der Waals surface area contributed by atoms with Crippen LogP contribution in [0.3, 0.4) is 0 Å². The Balaban J connectivity index is 1.93. The third-order valence-electron chi connectivity index (χ3n) is 3.10. The summed E-state index contributed by atoms with van der Waals surface area (Å²) in [6.07, 6.45) is -0.0444. The van der Waals surface area contributed by atoms with Crippen molar-refractivity contribution in [1.29, 1.82) is 0 Å². The van der Waals surface area contributed by atoms with Crippen LogP contribution in [-0.4, -0.2) is 12.0 Å². The van der Waals surface area contributed by atoms with Crippen molar-refractivity contribution in [2.45, 2.75) is 26.0 Å². The van der Waals surface area contributed by atoms with Crippen molar-refractivity contribution in [2.75, 3.05) is 0 Å². The summed E-state index contributed by atoms with van der Waals surface area (Å²) in [5.74, 6) is 0.0739. The van der Waals surface area contributed by atoms with Gasteiger partial charge in [0.2, 0.25) is 0 Å². The Morgan fingerprint density at radius 2 is 1.81 bits per heavy atom. The van der Waals surface area contributed by atoms with Crippen LogP contribution >= 0.6 is 0 Å². The number of carbonyl (C=O) groups excluding carboxylic acids is 1. The van der Waals surface area contributed by atoms with Crippen LogP contribution < -0.4 is 10.1 Å². The predicted molar refractivity (Wildman–Crippen MR) is 79.4 cm³/mol. The van der Waals surface area contributed by atoms with Crippen molar-refractivity contribution in [2.24, 2.45) is 0 Å². The number of hydrogen-bond donors (Lipinski definition) is 1.